The van der Waals surface area contributed by atoms with Crippen molar-refractivity contribution in [2.75, 3.05) is 0 Å². The van der Waals surface area contributed by atoms with E-state index in [2.05, 4.69) is 0 Å². The molecule has 7 heteroatoms. The zero-order valence-electron chi connectivity index (χ0n) is 4.42. The summed E-state index contributed by atoms with van der Waals surface area (Å²) < 4.78 is 0. The summed E-state index contributed by atoms with van der Waals surface area (Å²) in [7, 11) is 0. The van der Waals surface area contributed by atoms with E-state index in [1.807, 2.05) is 0 Å². The Hall–Kier alpha value is 1.09. The maximum atomic E-state index is 9.10. The summed E-state index contributed by atoms with van der Waals surface area (Å²) in [5.41, 5.74) is 0. The van der Waals surface area contributed by atoms with Gasteiger partial charge in [0.05, 0.1) is 0 Å². The summed E-state index contributed by atoms with van der Waals surface area (Å²) in [6.45, 7) is 0. The average Bonchev–Trinajstić information content (AvgIpc) is 1.36. The molecule has 0 heterocycles. The first-order valence-electron chi connectivity index (χ1n) is 1.11. The third-order valence-corrected chi connectivity index (χ3v) is 0.183. The molecular formula is C2H4O5SrTi. The van der Waals surface area contributed by atoms with Crippen LogP contribution in [0.3, 0.4) is 0 Å². The van der Waals surface area contributed by atoms with E-state index in [1.54, 1.807) is 0 Å². The van der Waals surface area contributed by atoms with E-state index in [0.717, 1.165) is 0 Å². The van der Waals surface area contributed by atoms with E-state index in [0.29, 0.717) is 0 Å². The summed E-state index contributed by atoms with van der Waals surface area (Å²) in [6, 6.07) is 0. The van der Waals surface area contributed by atoms with Crippen LogP contribution < -0.4 is 0 Å². The van der Waals surface area contributed by atoms with Gasteiger partial charge in [-0.15, -0.1) is 0 Å². The molecule has 2 radical (unpaired) electrons. The Labute approximate surface area is 103 Å². The number of hydrogen-bond acceptors (Lipinski definition) is 2. The molecule has 0 saturated heterocycles. The number of aliphatic carboxylic acids is 2. The van der Waals surface area contributed by atoms with E-state index in [4.69, 9.17) is 19.8 Å². The Balaban J connectivity index is -0.0000000417. The van der Waals surface area contributed by atoms with E-state index in [9.17, 15) is 0 Å². The zero-order chi connectivity index (χ0) is 5.15. The van der Waals surface area contributed by atoms with Gasteiger partial charge in [-0.25, -0.2) is 9.59 Å². The first kappa shape index (κ1) is 22.5. The van der Waals surface area contributed by atoms with Crippen molar-refractivity contribution in [3.05, 3.63) is 0 Å². The van der Waals surface area contributed by atoms with Crippen LogP contribution in [0.25, 0.3) is 0 Å². The third-order valence-electron chi connectivity index (χ3n) is 0.183. The molecule has 0 aliphatic rings. The first-order valence-corrected chi connectivity index (χ1v) is 1.11. The number of carboxylic acid groups (broad SMARTS) is 2. The predicted octanol–water partition coefficient (Wildman–Crippen LogP) is -2.05. The molecule has 0 spiro atoms. The van der Waals surface area contributed by atoms with Gasteiger partial charge in [-0.1, -0.05) is 0 Å². The summed E-state index contributed by atoms with van der Waals surface area (Å²) >= 11 is 0. The molecule has 0 rings (SSSR count). The minimum Gasteiger partial charge on any atom is -0.473 e. The minimum absolute atomic E-state index is 0. The van der Waals surface area contributed by atoms with Crippen molar-refractivity contribution in [2.45, 2.75) is 0 Å². The van der Waals surface area contributed by atoms with E-state index in [-0.39, 0.29) is 72.7 Å². The van der Waals surface area contributed by atoms with E-state index >= 15 is 0 Å². The van der Waals surface area contributed by atoms with Crippen LogP contribution in [0.1, 0.15) is 0 Å². The van der Waals surface area contributed by atoms with Crippen LogP contribution in [-0.2, 0) is 31.3 Å². The Morgan fingerprint density at radius 2 is 1.11 bits per heavy atom. The standard InChI is InChI=1S/C2H2O4.H2O.Sr.Ti/c3-1(4)2(5)6;;;/h(H,3,4)(H,5,6);1H2;;. The van der Waals surface area contributed by atoms with Crippen LogP contribution in [0.2, 0.25) is 0 Å². The minimum atomic E-state index is -1.82. The largest absolute Gasteiger partial charge is 0.473 e. The van der Waals surface area contributed by atoms with Gasteiger partial charge in [0.15, 0.2) is 0 Å². The zero-order valence-corrected chi connectivity index (χ0v) is 9.46. The maximum absolute atomic E-state index is 9.10. The molecule has 5 nitrogen and oxygen atoms in total. The summed E-state index contributed by atoms with van der Waals surface area (Å²) in [6.07, 6.45) is 0. The molecule has 9 heavy (non-hydrogen) atoms. The molecule has 0 aromatic heterocycles. The van der Waals surface area contributed by atoms with Gasteiger partial charge in [-0.2, -0.15) is 0 Å². The summed E-state index contributed by atoms with van der Waals surface area (Å²) in [5.74, 6) is -3.65. The van der Waals surface area contributed by atoms with Gasteiger partial charge < -0.3 is 15.7 Å². The van der Waals surface area contributed by atoms with Crippen LogP contribution in [0, 0.1) is 0 Å². The Bertz CT molecular complexity index is 81.0. The van der Waals surface area contributed by atoms with Crippen molar-refractivity contribution >= 4 is 57.4 Å². The number of rotatable bonds is 0. The topological polar surface area (TPSA) is 106 Å². The van der Waals surface area contributed by atoms with Crippen molar-refractivity contribution in [2.24, 2.45) is 0 Å². The van der Waals surface area contributed by atoms with Gasteiger partial charge in [-0.3, -0.25) is 0 Å². The number of hydrogen-bond donors (Lipinski definition) is 2. The fourth-order valence-corrected chi connectivity index (χ4v) is 0. The smallest absolute Gasteiger partial charge is 0.414 e. The molecule has 48 valence electrons. The molecular weight excluding hydrogens is 240 g/mol. The fraction of sp³-hybridized carbons (Fsp3) is 0. The van der Waals surface area contributed by atoms with Crippen molar-refractivity contribution in [1.29, 1.82) is 0 Å². The Morgan fingerprint density at radius 3 is 1.11 bits per heavy atom. The molecule has 0 amide bonds. The molecule has 0 unspecified atom stereocenters. The maximum Gasteiger partial charge on any atom is 0.414 e. The fourth-order valence-electron chi connectivity index (χ4n) is 0. The monoisotopic (exact) mass is 244 g/mol. The molecule has 0 bridgehead atoms. The van der Waals surface area contributed by atoms with Gasteiger partial charge in [0.2, 0.25) is 0 Å². The number of carboxylic acids is 2. The van der Waals surface area contributed by atoms with Gasteiger partial charge in [-0.05, 0) is 0 Å². The molecule has 0 fully saturated rings. The van der Waals surface area contributed by atoms with Gasteiger partial charge >= 0.3 is 11.9 Å². The SMILES string of the molecule is O.O=C(O)C(=O)O.[Sr].[Ti]. The van der Waals surface area contributed by atoms with Crippen molar-refractivity contribution in [1.82, 2.24) is 0 Å². The van der Waals surface area contributed by atoms with Crippen LogP contribution in [0.5, 0.6) is 0 Å². The average molecular weight is 244 g/mol. The number of carbonyl (C=O) groups is 2. The molecule has 0 aliphatic heterocycles. The van der Waals surface area contributed by atoms with Gasteiger partial charge in [0.1, 0.15) is 0 Å². The molecule has 0 aliphatic carbocycles. The summed E-state index contributed by atoms with van der Waals surface area (Å²) in [4.78, 5) is 18.2. The van der Waals surface area contributed by atoms with Crippen molar-refractivity contribution in [3.63, 3.8) is 0 Å². The predicted molar refractivity (Wildman–Crippen MR) is 24.6 cm³/mol. The normalized spacial score (nSPS) is 4.89. The second-order valence-electron chi connectivity index (χ2n) is 0.610. The van der Waals surface area contributed by atoms with E-state index < -0.39 is 11.9 Å². The van der Waals surface area contributed by atoms with Crippen molar-refractivity contribution < 1.29 is 47.0 Å². The Morgan fingerprint density at radius 1 is 1.00 bits per heavy atom. The second kappa shape index (κ2) is 11.8. The third kappa shape index (κ3) is 17.6. The van der Waals surface area contributed by atoms with Crippen molar-refractivity contribution in [3.8, 4) is 0 Å². The van der Waals surface area contributed by atoms with Crippen LogP contribution in [-0.4, -0.2) is 73.1 Å². The molecule has 0 aromatic carbocycles. The first-order chi connectivity index (χ1) is 2.64. The van der Waals surface area contributed by atoms with Gasteiger partial charge in [0.25, 0.3) is 0 Å². The molecule has 0 aromatic rings. The molecule has 0 saturated carbocycles. The van der Waals surface area contributed by atoms with Gasteiger partial charge in [0, 0.05) is 67.2 Å². The second-order valence-corrected chi connectivity index (χ2v) is 0.610. The molecule has 0 atom stereocenters. The van der Waals surface area contributed by atoms with Crippen LogP contribution in [0.15, 0.2) is 0 Å². The van der Waals surface area contributed by atoms with Crippen LogP contribution >= 0.6 is 0 Å². The molecule has 4 N–H and O–H groups in total. The summed E-state index contributed by atoms with van der Waals surface area (Å²) in [5, 5.41) is 14.8. The Kier molecular flexibility index (Phi) is 29.6. The van der Waals surface area contributed by atoms with E-state index in [1.165, 1.54) is 0 Å². The quantitative estimate of drug-likeness (QED) is 0.377. The van der Waals surface area contributed by atoms with Crippen LogP contribution in [0.4, 0.5) is 0 Å².